The number of ether oxygens (including phenoxy) is 1. The largest absolute Gasteiger partial charge is 0.491 e. The van der Waals surface area contributed by atoms with Crippen LogP contribution in [0.3, 0.4) is 0 Å². The molecule has 0 heterocycles. The summed E-state index contributed by atoms with van der Waals surface area (Å²) >= 11 is 0. The Balaban J connectivity index is 1.66. The maximum atomic E-state index is 5.90. The molecule has 3 atom stereocenters. The molecule has 98 valence electrons. The Morgan fingerprint density at radius 2 is 2.11 bits per heavy atom. The number of para-hydroxylation sites is 2. The number of fused-ring (bicyclic) bond motifs is 1. The first-order chi connectivity index (χ1) is 8.74. The molecule has 2 aliphatic rings. The van der Waals surface area contributed by atoms with E-state index in [0.717, 1.165) is 24.2 Å². The summed E-state index contributed by atoms with van der Waals surface area (Å²) in [5.41, 5.74) is 1.18. The molecule has 2 nitrogen and oxygen atoms in total. The van der Waals surface area contributed by atoms with Crippen LogP contribution in [0.1, 0.15) is 33.1 Å². The first kappa shape index (κ1) is 11.9. The molecule has 1 N–H and O–H groups in total. The first-order valence-electron chi connectivity index (χ1n) is 7.22. The van der Waals surface area contributed by atoms with Crippen molar-refractivity contribution in [1.29, 1.82) is 0 Å². The smallest absolute Gasteiger partial charge is 0.142 e. The van der Waals surface area contributed by atoms with Gasteiger partial charge >= 0.3 is 0 Å². The summed E-state index contributed by atoms with van der Waals surface area (Å²) in [6.07, 6.45) is 4.18. The van der Waals surface area contributed by atoms with Crippen LogP contribution in [-0.2, 0) is 0 Å². The Kier molecular flexibility index (Phi) is 3.19. The van der Waals surface area contributed by atoms with Gasteiger partial charge in [0.25, 0.3) is 0 Å². The van der Waals surface area contributed by atoms with Crippen molar-refractivity contribution in [3.05, 3.63) is 24.3 Å². The molecule has 2 heteroatoms. The summed E-state index contributed by atoms with van der Waals surface area (Å²) < 4.78 is 5.90. The molecule has 3 unspecified atom stereocenters. The summed E-state index contributed by atoms with van der Waals surface area (Å²) in [5.74, 6) is 3.53. The maximum absolute atomic E-state index is 5.90. The van der Waals surface area contributed by atoms with Crippen LogP contribution in [0.5, 0.6) is 5.75 Å². The molecule has 2 aliphatic carbocycles. The molecule has 18 heavy (non-hydrogen) atoms. The third-order valence-corrected chi connectivity index (χ3v) is 4.14. The van der Waals surface area contributed by atoms with Crippen LogP contribution in [0.25, 0.3) is 0 Å². The van der Waals surface area contributed by atoms with E-state index in [0.29, 0.717) is 12.0 Å². The van der Waals surface area contributed by atoms with Crippen LogP contribution in [0.15, 0.2) is 24.3 Å². The lowest BCUT2D eigenvalue weighted by molar-refractivity contribution is 0.272. The van der Waals surface area contributed by atoms with Gasteiger partial charge in [-0.25, -0.2) is 0 Å². The highest BCUT2D eigenvalue weighted by Crippen LogP contribution is 2.52. The number of rotatable bonds is 5. The van der Waals surface area contributed by atoms with Crippen molar-refractivity contribution < 1.29 is 4.74 Å². The lowest BCUT2D eigenvalue weighted by atomic mass is 10.1. The number of nitrogens with one attached hydrogen (secondary N) is 1. The van der Waals surface area contributed by atoms with Gasteiger partial charge in [-0.1, -0.05) is 26.0 Å². The van der Waals surface area contributed by atoms with Crippen molar-refractivity contribution in [3.8, 4) is 5.75 Å². The van der Waals surface area contributed by atoms with Gasteiger partial charge in [0.15, 0.2) is 0 Å². The van der Waals surface area contributed by atoms with E-state index < -0.39 is 0 Å². The van der Waals surface area contributed by atoms with Crippen LogP contribution in [0.4, 0.5) is 5.69 Å². The maximum Gasteiger partial charge on any atom is 0.142 e. The SMILES string of the molecule is CC(C)COc1ccccc1NC1CCC2CC21. The van der Waals surface area contributed by atoms with Gasteiger partial charge in [-0.05, 0) is 49.1 Å². The Hall–Kier alpha value is -1.18. The lowest BCUT2D eigenvalue weighted by Gasteiger charge is -2.19. The molecular formula is C16H23NO. The fraction of sp³-hybridized carbons (Fsp3) is 0.625. The van der Waals surface area contributed by atoms with Crippen molar-refractivity contribution in [3.63, 3.8) is 0 Å². The molecule has 0 bridgehead atoms. The van der Waals surface area contributed by atoms with Crippen LogP contribution >= 0.6 is 0 Å². The van der Waals surface area contributed by atoms with E-state index in [4.69, 9.17) is 4.74 Å². The van der Waals surface area contributed by atoms with Crippen LogP contribution < -0.4 is 10.1 Å². The van der Waals surface area contributed by atoms with E-state index in [1.165, 1.54) is 24.9 Å². The van der Waals surface area contributed by atoms with Crippen molar-refractivity contribution in [2.24, 2.45) is 17.8 Å². The van der Waals surface area contributed by atoms with Crippen molar-refractivity contribution in [2.75, 3.05) is 11.9 Å². The minimum atomic E-state index is 0.567. The number of hydrogen-bond donors (Lipinski definition) is 1. The highest BCUT2D eigenvalue weighted by atomic mass is 16.5. The molecular weight excluding hydrogens is 222 g/mol. The first-order valence-corrected chi connectivity index (χ1v) is 7.22. The molecule has 0 radical (unpaired) electrons. The molecule has 0 aromatic heterocycles. The summed E-state index contributed by atoms with van der Waals surface area (Å²) in [7, 11) is 0. The minimum Gasteiger partial charge on any atom is -0.491 e. The van der Waals surface area contributed by atoms with E-state index in [-0.39, 0.29) is 0 Å². The summed E-state index contributed by atoms with van der Waals surface area (Å²) in [6.45, 7) is 5.15. The van der Waals surface area contributed by atoms with Gasteiger partial charge in [0.05, 0.1) is 12.3 Å². The average Bonchev–Trinajstić information content (AvgIpc) is 3.04. The van der Waals surface area contributed by atoms with Crippen molar-refractivity contribution in [1.82, 2.24) is 0 Å². The molecule has 0 amide bonds. The Morgan fingerprint density at radius 3 is 2.78 bits per heavy atom. The third-order valence-electron chi connectivity index (χ3n) is 4.14. The highest BCUT2D eigenvalue weighted by Gasteiger charge is 2.48. The standard InChI is InChI=1S/C16H23NO/c1-11(2)10-18-16-6-4-3-5-15(16)17-14-8-7-12-9-13(12)14/h3-6,11-14,17H,7-10H2,1-2H3. The summed E-state index contributed by atoms with van der Waals surface area (Å²) in [4.78, 5) is 0. The van der Waals surface area contributed by atoms with Gasteiger partial charge < -0.3 is 10.1 Å². The second-order valence-electron chi connectivity index (χ2n) is 6.19. The van der Waals surface area contributed by atoms with E-state index >= 15 is 0 Å². The fourth-order valence-corrected chi connectivity index (χ4v) is 3.05. The highest BCUT2D eigenvalue weighted by molar-refractivity contribution is 5.57. The number of benzene rings is 1. The second-order valence-corrected chi connectivity index (χ2v) is 6.19. The lowest BCUT2D eigenvalue weighted by Crippen LogP contribution is -2.19. The van der Waals surface area contributed by atoms with Crippen molar-refractivity contribution >= 4 is 5.69 Å². The Morgan fingerprint density at radius 1 is 1.28 bits per heavy atom. The molecule has 3 rings (SSSR count). The topological polar surface area (TPSA) is 21.3 Å². The minimum absolute atomic E-state index is 0.567. The van der Waals surface area contributed by atoms with E-state index in [9.17, 15) is 0 Å². The van der Waals surface area contributed by atoms with E-state index in [2.05, 4.69) is 43.4 Å². The van der Waals surface area contributed by atoms with Crippen molar-refractivity contribution in [2.45, 2.75) is 39.2 Å². The second kappa shape index (κ2) is 4.83. The third kappa shape index (κ3) is 2.47. The Labute approximate surface area is 110 Å². The molecule has 0 aliphatic heterocycles. The Bertz CT molecular complexity index is 415. The summed E-state index contributed by atoms with van der Waals surface area (Å²) in [5, 5.41) is 3.70. The molecule has 2 fully saturated rings. The number of hydrogen-bond acceptors (Lipinski definition) is 2. The van der Waals surface area contributed by atoms with Gasteiger partial charge in [-0.3, -0.25) is 0 Å². The zero-order chi connectivity index (χ0) is 12.5. The monoisotopic (exact) mass is 245 g/mol. The van der Waals surface area contributed by atoms with Gasteiger partial charge in [0.2, 0.25) is 0 Å². The van der Waals surface area contributed by atoms with Crippen LogP contribution in [-0.4, -0.2) is 12.6 Å². The van der Waals surface area contributed by atoms with Gasteiger partial charge in [0, 0.05) is 6.04 Å². The number of anilines is 1. The molecule has 1 aromatic carbocycles. The fourth-order valence-electron chi connectivity index (χ4n) is 3.05. The predicted octanol–water partition coefficient (Wildman–Crippen LogP) is 3.93. The predicted molar refractivity (Wildman–Crippen MR) is 75.0 cm³/mol. The molecule has 2 saturated carbocycles. The van der Waals surface area contributed by atoms with E-state index in [1.54, 1.807) is 0 Å². The summed E-state index contributed by atoms with van der Waals surface area (Å²) in [6, 6.07) is 9.04. The molecule has 0 saturated heterocycles. The molecule has 1 aromatic rings. The molecule has 0 spiro atoms. The van der Waals surface area contributed by atoms with Gasteiger partial charge in [0.1, 0.15) is 5.75 Å². The van der Waals surface area contributed by atoms with Gasteiger partial charge in [-0.15, -0.1) is 0 Å². The van der Waals surface area contributed by atoms with E-state index in [1.807, 2.05) is 0 Å². The zero-order valence-electron chi connectivity index (χ0n) is 11.4. The zero-order valence-corrected chi connectivity index (χ0v) is 11.4. The van der Waals surface area contributed by atoms with Crippen LogP contribution in [0.2, 0.25) is 0 Å². The average molecular weight is 245 g/mol. The van der Waals surface area contributed by atoms with Gasteiger partial charge in [-0.2, -0.15) is 0 Å². The quantitative estimate of drug-likeness (QED) is 0.848. The normalized spacial score (nSPS) is 29.2. The van der Waals surface area contributed by atoms with Crippen LogP contribution in [0, 0.1) is 17.8 Å².